The van der Waals surface area contributed by atoms with Crippen LogP contribution in [0.4, 0.5) is 5.82 Å². The maximum absolute atomic E-state index is 5.66. The van der Waals surface area contributed by atoms with E-state index in [4.69, 9.17) is 9.47 Å². The fourth-order valence-corrected chi connectivity index (χ4v) is 1.82. The second-order valence-electron chi connectivity index (χ2n) is 3.95. The smallest absolute Gasteiger partial charge is 0.166 e. The number of aromatic nitrogens is 1. The van der Waals surface area contributed by atoms with Crippen LogP contribution in [0.5, 0.6) is 11.5 Å². The van der Waals surface area contributed by atoms with Crippen LogP contribution in [-0.4, -0.2) is 18.7 Å². The highest BCUT2D eigenvalue weighted by molar-refractivity contribution is 5.48. The van der Waals surface area contributed by atoms with E-state index in [1.165, 1.54) is 0 Å². The molecule has 0 radical (unpaired) electrons. The van der Waals surface area contributed by atoms with Gasteiger partial charge in [0.2, 0.25) is 0 Å². The van der Waals surface area contributed by atoms with E-state index in [1.54, 1.807) is 13.3 Å². The first-order valence-electron chi connectivity index (χ1n) is 6.28. The predicted molar refractivity (Wildman–Crippen MR) is 75.7 cm³/mol. The molecule has 0 saturated heterocycles. The Bertz CT molecular complexity index is 515. The van der Waals surface area contributed by atoms with Crippen molar-refractivity contribution >= 4 is 5.82 Å². The van der Waals surface area contributed by atoms with Crippen molar-refractivity contribution in [2.24, 2.45) is 0 Å². The van der Waals surface area contributed by atoms with Gasteiger partial charge in [-0.25, -0.2) is 4.98 Å². The summed E-state index contributed by atoms with van der Waals surface area (Å²) in [5.41, 5.74) is 1.05. The van der Waals surface area contributed by atoms with Crippen molar-refractivity contribution in [2.45, 2.75) is 13.5 Å². The summed E-state index contributed by atoms with van der Waals surface area (Å²) in [6.07, 6.45) is 1.76. The van der Waals surface area contributed by atoms with Crippen molar-refractivity contribution < 1.29 is 9.47 Å². The van der Waals surface area contributed by atoms with E-state index in [9.17, 15) is 0 Å². The maximum atomic E-state index is 5.66. The van der Waals surface area contributed by atoms with Gasteiger partial charge in [0.15, 0.2) is 11.5 Å². The standard InChI is InChI=1S/C15H18N2O2/c1-3-19-15-12(7-6-8-13(15)18-2)11-17-14-9-4-5-10-16-14/h4-10H,3,11H2,1-2H3,(H,16,17). The number of benzene rings is 1. The van der Waals surface area contributed by atoms with E-state index in [1.807, 2.05) is 43.3 Å². The number of anilines is 1. The minimum atomic E-state index is 0.608. The second kappa shape index (κ2) is 6.64. The first kappa shape index (κ1) is 13.2. The molecule has 1 aromatic carbocycles. The molecule has 19 heavy (non-hydrogen) atoms. The Kier molecular flexibility index (Phi) is 4.61. The molecule has 0 unspecified atom stereocenters. The normalized spacial score (nSPS) is 10.0. The van der Waals surface area contributed by atoms with Crippen LogP contribution < -0.4 is 14.8 Å². The molecule has 100 valence electrons. The molecule has 2 aromatic rings. The van der Waals surface area contributed by atoms with Crippen molar-refractivity contribution in [3.63, 3.8) is 0 Å². The number of pyridine rings is 1. The number of nitrogens with zero attached hydrogens (tertiary/aromatic N) is 1. The molecule has 0 saturated carbocycles. The molecule has 1 aromatic heterocycles. The molecule has 0 fully saturated rings. The van der Waals surface area contributed by atoms with E-state index >= 15 is 0 Å². The average molecular weight is 258 g/mol. The summed E-state index contributed by atoms with van der Waals surface area (Å²) in [5.74, 6) is 2.38. The topological polar surface area (TPSA) is 43.4 Å². The Morgan fingerprint density at radius 2 is 2.05 bits per heavy atom. The lowest BCUT2D eigenvalue weighted by Gasteiger charge is -2.14. The van der Waals surface area contributed by atoms with Crippen molar-refractivity contribution in [3.05, 3.63) is 48.2 Å². The van der Waals surface area contributed by atoms with Gasteiger partial charge in [-0.05, 0) is 25.1 Å². The van der Waals surface area contributed by atoms with Crippen LogP contribution in [0.3, 0.4) is 0 Å². The van der Waals surface area contributed by atoms with E-state index in [-0.39, 0.29) is 0 Å². The van der Waals surface area contributed by atoms with Crippen molar-refractivity contribution in [1.82, 2.24) is 4.98 Å². The Morgan fingerprint density at radius 1 is 1.16 bits per heavy atom. The summed E-state index contributed by atoms with van der Waals surface area (Å²) in [4.78, 5) is 4.23. The predicted octanol–water partition coefficient (Wildman–Crippen LogP) is 3.10. The lowest BCUT2D eigenvalue weighted by molar-refractivity contribution is 0.308. The Hall–Kier alpha value is -2.23. The summed E-state index contributed by atoms with van der Waals surface area (Å²) in [7, 11) is 1.65. The van der Waals surface area contributed by atoms with Crippen LogP contribution in [0.25, 0.3) is 0 Å². The van der Waals surface area contributed by atoms with Crippen LogP contribution >= 0.6 is 0 Å². The Morgan fingerprint density at radius 3 is 2.74 bits per heavy atom. The quantitative estimate of drug-likeness (QED) is 0.864. The molecule has 4 nitrogen and oxygen atoms in total. The molecule has 1 N–H and O–H groups in total. The lowest BCUT2D eigenvalue weighted by atomic mass is 10.2. The van der Waals surface area contributed by atoms with Gasteiger partial charge in [-0.15, -0.1) is 0 Å². The molecule has 0 aliphatic heterocycles. The van der Waals surface area contributed by atoms with Crippen LogP contribution in [-0.2, 0) is 6.54 Å². The van der Waals surface area contributed by atoms with Gasteiger partial charge in [0.05, 0.1) is 13.7 Å². The SMILES string of the molecule is CCOc1c(CNc2ccccn2)cccc1OC. The summed E-state index contributed by atoms with van der Waals surface area (Å²) >= 11 is 0. The largest absolute Gasteiger partial charge is 0.493 e. The summed E-state index contributed by atoms with van der Waals surface area (Å²) in [6, 6.07) is 11.6. The summed E-state index contributed by atoms with van der Waals surface area (Å²) in [5, 5.41) is 3.26. The van der Waals surface area contributed by atoms with Gasteiger partial charge >= 0.3 is 0 Å². The van der Waals surface area contributed by atoms with Gasteiger partial charge in [-0.1, -0.05) is 18.2 Å². The van der Waals surface area contributed by atoms with Crippen molar-refractivity contribution in [1.29, 1.82) is 0 Å². The highest BCUT2D eigenvalue weighted by atomic mass is 16.5. The first-order chi connectivity index (χ1) is 9.35. The summed E-state index contributed by atoms with van der Waals surface area (Å²) in [6.45, 7) is 3.21. The zero-order valence-electron chi connectivity index (χ0n) is 11.2. The molecular formula is C15H18N2O2. The number of para-hydroxylation sites is 1. The Labute approximate surface area is 113 Å². The highest BCUT2D eigenvalue weighted by Gasteiger charge is 2.09. The van der Waals surface area contributed by atoms with E-state index in [0.717, 1.165) is 22.9 Å². The van der Waals surface area contributed by atoms with Gasteiger partial charge in [0.1, 0.15) is 5.82 Å². The van der Waals surface area contributed by atoms with Gasteiger partial charge in [-0.3, -0.25) is 0 Å². The Balaban J connectivity index is 2.15. The molecule has 0 amide bonds. The first-order valence-corrected chi connectivity index (χ1v) is 6.28. The van der Waals surface area contributed by atoms with Crippen LogP contribution in [0, 0.1) is 0 Å². The molecule has 0 atom stereocenters. The minimum Gasteiger partial charge on any atom is -0.493 e. The molecule has 0 bridgehead atoms. The van der Waals surface area contributed by atoms with Crippen LogP contribution in [0.1, 0.15) is 12.5 Å². The van der Waals surface area contributed by atoms with Crippen molar-refractivity contribution in [2.75, 3.05) is 19.0 Å². The number of hydrogen-bond acceptors (Lipinski definition) is 4. The number of rotatable bonds is 6. The zero-order chi connectivity index (χ0) is 13.5. The fourth-order valence-electron chi connectivity index (χ4n) is 1.82. The maximum Gasteiger partial charge on any atom is 0.166 e. The third-order valence-corrected chi connectivity index (χ3v) is 2.69. The van der Waals surface area contributed by atoms with E-state index < -0.39 is 0 Å². The average Bonchev–Trinajstić information content (AvgIpc) is 2.47. The number of methoxy groups -OCH3 is 1. The van der Waals surface area contributed by atoms with Crippen LogP contribution in [0.2, 0.25) is 0 Å². The molecule has 0 aliphatic carbocycles. The third kappa shape index (κ3) is 3.37. The number of nitrogens with one attached hydrogen (secondary N) is 1. The van der Waals surface area contributed by atoms with Crippen LogP contribution in [0.15, 0.2) is 42.6 Å². The van der Waals surface area contributed by atoms with Crippen molar-refractivity contribution in [3.8, 4) is 11.5 Å². The molecule has 0 spiro atoms. The fraction of sp³-hybridized carbons (Fsp3) is 0.267. The van der Waals surface area contributed by atoms with E-state index in [0.29, 0.717) is 13.2 Å². The molecule has 1 heterocycles. The minimum absolute atomic E-state index is 0.608. The summed E-state index contributed by atoms with van der Waals surface area (Å²) < 4.78 is 11.0. The molecular weight excluding hydrogens is 240 g/mol. The highest BCUT2D eigenvalue weighted by Crippen LogP contribution is 2.31. The van der Waals surface area contributed by atoms with Gasteiger partial charge < -0.3 is 14.8 Å². The molecule has 2 rings (SSSR count). The van der Waals surface area contributed by atoms with Gasteiger partial charge in [0, 0.05) is 18.3 Å². The zero-order valence-corrected chi connectivity index (χ0v) is 11.2. The van der Waals surface area contributed by atoms with Gasteiger partial charge in [0.25, 0.3) is 0 Å². The second-order valence-corrected chi connectivity index (χ2v) is 3.95. The monoisotopic (exact) mass is 258 g/mol. The third-order valence-electron chi connectivity index (χ3n) is 2.69. The molecule has 0 aliphatic rings. The number of hydrogen-bond donors (Lipinski definition) is 1. The lowest BCUT2D eigenvalue weighted by Crippen LogP contribution is -2.05. The van der Waals surface area contributed by atoms with Gasteiger partial charge in [-0.2, -0.15) is 0 Å². The molecule has 4 heteroatoms. The van der Waals surface area contributed by atoms with E-state index in [2.05, 4.69) is 10.3 Å². The number of ether oxygens (including phenoxy) is 2.